The van der Waals surface area contributed by atoms with Gasteiger partial charge in [-0.15, -0.1) is 0 Å². The van der Waals surface area contributed by atoms with Crippen LogP contribution in [-0.4, -0.2) is 67.3 Å². The number of anilines is 1. The largest absolute Gasteiger partial charge is 0.412 e. The van der Waals surface area contributed by atoms with Gasteiger partial charge < -0.3 is 5.48 Å². The third-order valence-electron chi connectivity index (χ3n) is 10.0. The summed E-state index contributed by atoms with van der Waals surface area (Å²) >= 11 is 25.8. The van der Waals surface area contributed by atoms with Crippen molar-refractivity contribution in [3.05, 3.63) is 167 Å². The van der Waals surface area contributed by atoms with Crippen molar-refractivity contribution < 1.29 is 39.2 Å². The predicted molar refractivity (Wildman–Crippen MR) is 258 cm³/mol. The number of non-ortho nitro benzene ring substituents is 3. The summed E-state index contributed by atoms with van der Waals surface area (Å²) in [5.74, 6) is -1.17. The highest BCUT2D eigenvalue weighted by atomic mass is 36.0. The number of nitro groups is 3. The first-order valence-corrected chi connectivity index (χ1v) is 24.8. The maximum absolute atomic E-state index is 12.4. The molecule has 2 N–H and O–H groups in total. The average molecular weight is 1090 g/mol. The predicted octanol–water partition coefficient (Wildman–Crippen LogP) is 7.86. The van der Waals surface area contributed by atoms with Gasteiger partial charge in [-0.3, -0.25) is 72.7 Å². The molecule has 4 aliphatic rings. The van der Waals surface area contributed by atoms with Crippen LogP contribution < -0.4 is 27.4 Å². The fourth-order valence-corrected chi connectivity index (χ4v) is 7.23. The molecule has 5 aromatic rings. The van der Waals surface area contributed by atoms with E-state index in [9.17, 15) is 68.5 Å². The molecule has 1 aliphatic heterocycles. The molecular weight excluding hydrogens is 1050 g/mol. The Morgan fingerprint density at radius 1 is 0.529 bits per heavy atom. The number of carbonyl (C=O) groups is 3. The topological polar surface area (TPSA) is 324 Å². The maximum Gasteiger partial charge on any atom is 0.339 e. The zero-order valence-electron chi connectivity index (χ0n) is 34.8. The molecule has 1 saturated heterocycles. The zero-order chi connectivity index (χ0) is 49.9. The van der Waals surface area contributed by atoms with Gasteiger partial charge in [-0.1, -0.05) is 48.8 Å². The molecule has 3 aromatic carbocycles. The fraction of sp³-hybridized carbons (Fsp3) is 0.275. The average Bonchev–Trinajstić information content (AvgIpc) is 4.07. The molecule has 0 radical (unpaired) electrons. The number of rotatable bonds is 9. The highest BCUT2D eigenvalue weighted by Crippen LogP contribution is 2.61. The van der Waals surface area contributed by atoms with Crippen LogP contribution in [0.3, 0.4) is 0 Å². The van der Waals surface area contributed by atoms with Crippen LogP contribution in [0.5, 0.6) is 0 Å². The molecule has 3 saturated carbocycles. The van der Waals surface area contributed by atoms with Crippen molar-refractivity contribution in [1.82, 2.24) is 23.2 Å². The van der Waals surface area contributed by atoms with E-state index in [1.807, 2.05) is 0 Å². The van der Waals surface area contributed by atoms with Crippen LogP contribution in [0.1, 0.15) is 64.5 Å². The molecule has 3 aliphatic carbocycles. The van der Waals surface area contributed by atoms with Crippen molar-refractivity contribution in [2.75, 3.05) is 4.90 Å². The Hall–Kier alpha value is -6.53. The van der Waals surface area contributed by atoms with E-state index in [2.05, 4.69) is 33.7 Å². The van der Waals surface area contributed by atoms with Gasteiger partial charge in [-0.05, 0) is 90.4 Å². The summed E-state index contributed by atoms with van der Waals surface area (Å²) in [6.07, 6.45) is 4.25. The lowest BCUT2D eigenvalue weighted by Crippen LogP contribution is -2.56. The van der Waals surface area contributed by atoms with Gasteiger partial charge in [0.2, 0.25) is 11.8 Å². The van der Waals surface area contributed by atoms with E-state index in [0.717, 1.165) is 80.2 Å². The molecule has 0 atom stereocenters. The highest BCUT2D eigenvalue weighted by molar-refractivity contribution is 8.24. The summed E-state index contributed by atoms with van der Waals surface area (Å²) in [7, 11) is 0. The van der Waals surface area contributed by atoms with E-state index in [1.165, 1.54) is 71.3 Å². The first-order valence-electron chi connectivity index (χ1n) is 19.7. The van der Waals surface area contributed by atoms with Crippen molar-refractivity contribution in [3.8, 4) is 11.4 Å². The Morgan fingerprint density at radius 3 is 1.36 bits per heavy atom. The van der Waals surface area contributed by atoms with E-state index >= 15 is 0 Å². The molecule has 0 unspecified atom stereocenters. The summed E-state index contributed by atoms with van der Waals surface area (Å²) in [5, 5.41) is 29.2. The second kappa shape index (κ2) is 22.9. The molecule has 4 fully saturated rings. The number of urea groups is 1. The third-order valence-corrected chi connectivity index (χ3v) is 10.6. The molecule has 0 spiro atoms. The Morgan fingerprint density at radius 2 is 0.914 bits per heavy atom. The molecule has 372 valence electrons. The molecule has 24 nitrogen and oxygen atoms in total. The number of nitrogens with zero attached hydrogens (tertiary/aromatic N) is 9. The molecular formula is C40H37Cl5N9O15P. The van der Waals surface area contributed by atoms with Gasteiger partial charge in [-0.2, -0.15) is 0 Å². The summed E-state index contributed by atoms with van der Waals surface area (Å²) in [4.78, 5) is 118. The second-order valence-corrected chi connectivity index (χ2v) is 22.4. The van der Waals surface area contributed by atoms with Gasteiger partial charge in [0.15, 0.2) is 0 Å². The molecule has 70 heavy (non-hydrogen) atoms. The van der Waals surface area contributed by atoms with Gasteiger partial charge in [0, 0.05) is 66.7 Å². The van der Waals surface area contributed by atoms with Crippen LogP contribution in [0.25, 0.3) is 11.4 Å². The number of amides is 4. The lowest BCUT2D eigenvalue weighted by molar-refractivity contribution is -0.385. The van der Waals surface area contributed by atoms with Crippen molar-refractivity contribution in [3.63, 3.8) is 0 Å². The van der Waals surface area contributed by atoms with Gasteiger partial charge in [0.05, 0.1) is 31.8 Å². The zero-order valence-corrected chi connectivity index (χ0v) is 39.5. The Bertz CT molecular complexity index is 3190. The molecule has 2 aromatic heterocycles. The Kier molecular flexibility index (Phi) is 18.4. The summed E-state index contributed by atoms with van der Waals surface area (Å²) in [5.41, 5.74) is -2.24. The third kappa shape index (κ3) is 13.6. The molecule has 9 rings (SSSR count). The van der Waals surface area contributed by atoms with Crippen molar-refractivity contribution >= 4 is 103 Å². The number of halogens is 5. The minimum atomic E-state index is -3.22. The van der Waals surface area contributed by atoms with Crippen molar-refractivity contribution in [2.24, 2.45) is 0 Å². The van der Waals surface area contributed by atoms with Crippen LogP contribution in [0.15, 0.2) is 104 Å². The highest BCUT2D eigenvalue weighted by Gasteiger charge is 2.46. The SMILES string of the molecule is C.O.O=C1CC(=O)N(C2CC2)C(=O)N1c1cccc([N+](=O)[O-])c1.O=P(Cl)(Cl)Cl.O=c1cc(Cl)n(-c2cccc([N+](=O)[O-])c2)c(=O)n1C1CC1.O=c1cc(Cl)n(C2CC2)c(=O)n1-c1cccc([N+](=O)[O-])c1. The van der Waals surface area contributed by atoms with Crippen LogP contribution in [0.2, 0.25) is 10.3 Å². The number of carbonyl (C=O) groups excluding carboxylic acids is 3. The maximum atomic E-state index is 12.4. The minimum absolute atomic E-state index is 0. The summed E-state index contributed by atoms with van der Waals surface area (Å²) < 4.78 is 14.0. The van der Waals surface area contributed by atoms with Gasteiger partial charge in [0.1, 0.15) is 16.7 Å². The standard InChI is InChI=1S/2C13H10ClN3O4.C13H11N3O5.CH4.Cl3OP.H2O/c14-11-7-12(18)16(8-4-5-8)13(19)15(11)9-2-1-3-10(6-9)17(20)21;14-11-7-12(18)16(13(19)15(11)8-4-5-8)9-2-1-3-10(6-9)17(20)21;17-11-7-12(18)15(13(19)14(11)8-4-5-8)9-2-1-3-10(6-9)16(20)21;;1-5(2,3)4;/h2*1-3,6-8H,4-5H2;1-3,6,8H,4-5,7H2;1H4;;1H2. The quantitative estimate of drug-likeness (QED) is 0.0446. The molecule has 3 heterocycles. The summed E-state index contributed by atoms with van der Waals surface area (Å²) in [6.45, 7) is 0. The smallest absolute Gasteiger partial charge is 0.339 e. The molecule has 4 amide bonds. The summed E-state index contributed by atoms with van der Waals surface area (Å²) in [6, 6.07) is 17.5. The first-order chi connectivity index (χ1) is 32.0. The van der Waals surface area contributed by atoms with Crippen LogP contribution in [-0.2, 0) is 14.2 Å². The van der Waals surface area contributed by atoms with E-state index in [-0.39, 0.29) is 75.5 Å². The van der Waals surface area contributed by atoms with Crippen LogP contribution in [0, 0.1) is 30.3 Å². The number of benzene rings is 3. The number of hydrogen-bond acceptors (Lipinski definition) is 14. The van der Waals surface area contributed by atoms with E-state index in [0.29, 0.717) is 0 Å². The van der Waals surface area contributed by atoms with Crippen LogP contribution in [0.4, 0.5) is 27.5 Å². The minimum Gasteiger partial charge on any atom is -0.412 e. The lowest BCUT2D eigenvalue weighted by atomic mass is 10.2. The fourth-order valence-electron chi connectivity index (χ4n) is 6.66. The van der Waals surface area contributed by atoms with E-state index in [4.69, 9.17) is 23.2 Å². The monoisotopic (exact) mass is 1090 g/mol. The molecule has 0 bridgehead atoms. The van der Waals surface area contributed by atoms with Crippen LogP contribution >= 0.6 is 62.1 Å². The van der Waals surface area contributed by atoms with Gasteiger partial charge in [0.25, 0.3) is 28.2 Å². The number of hydrogen-bond donors (Lipinski definition) is 0. The number of imide groups is 2. The normalized spacial score (nSPS) is 15.1. The number of nitro benzene ring substituents is 3. The second-order valence-electron chi connectivity index (χ2n) is 15.0. The Labute approximate surface area is 417 Å². The number of aromatic nitrogens is 4. The number of barbiturate groups is 1. The van der Waals surface area contributed by atoms with Gasteiger partial charge >= 0.3 is 22.6 Å². The first kappa shape index (κ1) is 56.1. The van der Waals surface area contributed by atoms with Gasteiger partial charge in [-0.25, -0.2) is 23.9 Å². The lowest BCUT2D eigenvalue weighted by Gasteiger charge is -2.32. The van der Waals surface area contributed by atoms with Crippen molar-refractivity contribution in [1.29, 1.82) is 0 Å². The van der Waals surface area contributed by atoms with Crippen molar-refractivity contribution in [2.45, 2.75) is 70.5 Å². The Balaban J connectivity index is 0.000000215. The van der Waals surface area contributed by atoms with E-state index in [1.54, 1.807) is 0 Å². The molecule has 30 heteroatoms. The van der Waals surface area contributed by atoms with E-state index < -0.39 is 66.7 Å².